The molecule has 0 amide bonds. The zero-order valence-electron chi connectivity index (χ0n) is 14.6. The maximum Gasteiger partial charge on any atom is 0.244 e. The Labute approximate surface area is 164 Å². The summed E-state index contributed by atoms with van der Waals surface area (Å²) < 4.78 is 33.4. The second-order valence-corrected chi connectivity index (χ2v) is 9.58. The number of benzene rings is 2. The monoisotopic (exact) mass is 411 g/mol. The molecule has 0 spiro atoms. The average molecular weight is 412 g/mol. The maximum absolute atomic E-state index is 13.1. The van der Waals surface area contributed by atoms with Crippen LogP contribution in [0.15, 0.2) is 53.4 Å². The molecule has 2 aromatic carbocycles. The third-order valence-electron chi connectivity index (χ3n) is 4.20. The summed E-state index contributed by atoms with van der Waals surface area (Å²) >= 11 is 7.58. The third kappa shape index (κ3) is 4.36. The van der Waals surface area contributed by atoms with Gasteiger partial charge in [-0.25, -0.2) is 8.42 Å². The molecule has 0 aliphatic carbocycles. The second kappa shape index (κ2) is 8.65. The van der Waals surface area contributed by atoms with E-state index in [1.165, 1.54) is 0 Å². The van der Waals surface area contributed by atoms with E-state index in [2.05, 4.69) is 6.92 Å². The number of nitrogens with zero attached hydrogens (tertiary/aromatic N) is 1. The molecule has 0 bridgehead atoms. The largest absolute Gasteiger partial charge is 0.494 e. The van der Waals surface area contributed by atoms with Crippen LogP contribution in [0.1, 0.15) is 30.7 Å². The van der Waals surface area contributed by atoms with E-state index in [1.807, 2.05) is 12.1 Å². The fraction of sp³-hybridized carbons (Fsp3) is 0.368. The molecule has 3 rings (SSSR count). The van der Waals surface area contributed by atoms with Crippen LogP contribution in [0.5, 0.6) is 5.75 Å². The molecule has 0 saturated carbocycles. The third-order valence-corrected chi connectivity index (χ3v) is 7.73. The van der Waals surface area contributed by atoms with E-state index in [4.69, 9.17) is 16.3 Å². The molecule has 0 unspecified atom stereocenters. The van der Waals surface area contributed by atoms with Crippen molar-refractivity contribution < 1.29 is 13.2 Å². The second-order valence-electron chi connectivity index (χ2n) is 6.06. The van der Waals surface area contributed by atoms with E-state index in [0.29, 0.717) is 28.8 Å². The van der Waals surface area contributed by atoms with Crippen molar-refractivity contribution in [3.8, 4) is 5.75 Å². The lowest BCUT2D eigenvalue weighted by Crippen LogP contribution is -2.30. The zero-order valence-corrected chi connectivity index (χ0v) is 17.0. The van der Waals surface area contributed by atoms with E-state index in [0.717, 1.165) is 24.2 Å². The summed E-state index contributed by atoms with van der Waals surface area (Å²) in [4.78, 5) is 0.293. The van der Waals surface area contributed by atoms with Crippen LogP contribution in [0.25, 0.3) is 0 Å². The average Bonchev–Trinajstić information content (AvgIpc) is 3.14. The lowest BCUT2D eigenvalue weighted by molar-refractivity contribution is 0.309. The smallest absolute Gasteiger partial charge is 0.244 e. The molecule has 0 aromatic heterocycles. The van der Waals surface area contributed by atoms with Crippen molar-refractivity contribution in [2.45, 2.75) is 30.0 Å². The topological polar surface area (TPSA) is 46.6 Å². The van der Waals surface area contributed by atoms with Gasteiger partial charge in [-0.3, -0.25) is 0 Å². The number of thioether (sulfide) groups is 1. The fourth-order valence-electron chi connectivity index (χ4n) is 2.77. The maximum atomic E-state index is 13.1. The molecule has 1 saturated heterocycles. The SMILES string of the molecule is CCCCOc1ccc(S(=O)(=O)N2CCS[C@@H]2c2ccc(Cl)cc2)cc1. The highest BCUT2D eigenvalue weighted by Gasteiger charge is 2.36. The lowest BCUT2D eigenvalue weighted by atomic mass is 10.2. The zero-order chi connectivity index (χ0) is 18.6. The van der Waals surface area contributed by atoms with Crippen LogP contribution >= 0.6 is 23.4 Å². The number of rotatable bonds is 7. The number of halogens is 1. The molecule has 1 atom stereocenters. The van der Waals surface area contributed by atoms with Crippen molar-refractivity contribution in [2.24, 2.45) is 0 Å². The van der Waals surface area contributed by atoms with Gasteiger partial charge in [0.2, 0.25) is 10.0 Å². The van der Waals surface area contributed by atoms with Gasteiger partial charge in [0, 0.05) is 17.3 Å². The van der Waals surface area contributed by atoms with Crippen LogP contribution in [-0.4, -0.2) is 31.6 Å². The Morgan fingerprint density at radius 3 is 2.50 bits per heavy atom. The van der Waals surface area contributed by atoms with Crippen molar-refractivity contribution >= 4 is 33.4 Å². The molecule has 1 aliphatic heterocycles. The molecular weight excluding hydrogens is 390 g/mol. The number of hydrogen-bond acceptors (Lipinski definition) is 4. The van der Waals surface area contributed by atoms with Gasteiger partial charge in [0.15, 0.2) is 0 Å². The van der Waals surface area contributed by atoms with Gasteiger partial charge in [-0.05, 0) is 48.4 Å². The minimum Gasteiger partial charge on any atom is -0.494 e. The van der Waals surface area contributed by atoms with Crippen molar-refractivity contribution in [3.05, 3.63) is 59.1 Å². The molecule has 7 heteroatoms. The van der Waals surface area contributed by atoms with E-state index in [9.17, 15) is 8.42 Å². The summed E-state index contributed by atoms with van der Waals surface area (Å²) in [5.41, 5.74) is 0.944. The summed E-state index contributed by atoms with van der Waals surface area (Å²) in [5.74, 6) is 1.47. The Morgan fingerprint density at radius 2 is 1.85 bits per heavy atom. The summed E-state index contributed by atoms with van der Waals surface area (Å²) in [6.45, 7) is 3.24. The van der Waals surface area contributed by atoms with Gasteiger partial charge in [0.25, 0.3) is 0 Å². The molecule has 1 fully saturated rings. The first-order chi connectivity index (χ1) is 12.5. The van der Waals surface area contributed by atoms with Gasteiger partial charge in [0.05, 0.1) is 16.9 Å². The minimum absolute atomic E-state index is 0.224. The lowest BCUT2D eigenvalue weighted by Gasteiger charge is -2.23. The molecule has 2 aromatic rings. The van der Waals surface area contributed by atoms with Gasteiger partial charge < -0.3 is 4.74 Å². The van der Waals surface area contributed by atoms with Gasteiger partial charge >= 0.3 is 0 Å². The normalized spacial score (nSPS) is 18.2. The summed E-state index contributed by atoms with van der Waals surface area (Å²) in [6, 6.07) is 14.1. The van der Waals surface area contributed by atoms with E-state index in [1.54, 1.807) is 52.5 Å². The van der Waals surface area contributed by atoms with Crippen LogP contribution < -0.4 is 4.74 Å². The molecule has 1 heterocycles. The molecule has 0 radical (unpaired) electrons. The molecule has 1 aliphatic rings. The first-order valence-corrected chi connectivity index (χ1v) is 11.5. The van der Waals surface area contributed by atoms with Crippen LogP contribution in [0.2, 0.25) is 5.02 Å². The highest BCUT2D eigenvalue weighted by molar-refractivity contribution is 8.01. The van der Waals surface area contributed by atoms with Gasteiger partial charge in [-0.1, -0.05) is 37.1 Å². The number of sulfonamides is 1. The predicted octanol–water partition coefficient (Wildman–Crippen LogP) is 4.96. The van der Waals surface area contributed by atoms with Crippen molar-refractivity contribution in [1.82, 2.24) is 4.31 Å². The Bertz CT molecular complexity index is 823. The number of unbranched alkanes of at least 4 members (excludes halogenated alkanes) is 1. The fourth-order valence-corrected chi connectivity index (χ4v) is 6.14. The highest BCUT2D eigenvalue weighted by atomic mass is 35.5. The summed E-state index contributed by atoms with van der Waals surface area (Å²) in [5, 5.41) is 0.419. The van der Waals surface area contributed by atoms with Gasteiger partial charge in [-0.2, -0.15) is 4.31 Å². The molecule has 0 N–H and O–H groups in total. The van der Waals surface area contributed by atoms with Crippen LogP contribution in [0.4, 0.5) is 0 Å². The number of ether oxygens (including phenoxy) is 1. The molecular formula is C19H22ClNO3S2. The summed E-state index contributed by atoms with van der Waals surface area (Å²) in [6.07, 6.45) is 2.04. The molecule has 4 nitrogen and oxygen atoms in total. The quantitative estimate of drug-likeness (QED) is 0.604. The first kappa shape index (κ1) is 19.5. The Balaban J connectivity index is 1.79. The highest BCUT2D eigenvalue weighted by Crippen LogP contribution is 2.41. The van der Waals surface area contributed by atoms with Crippen molar-refractivity contribution in [2.75, 3.05) is 18.9 Å². The van der Waals surface area contributed by atoms with E-state index < -0.39 is 10.0 Å². The molecule has 26 heavy (non-hydrogen) atoms. The van der Waals surface area contributed by atoms with Crippen molar-refractivity contribution in [1.29, 1.82) is 0 Å². The summed E-state index contributed by atoms with van der Waals surface area (Å²) in [7, 11) is -3.56. The van der Waals surface area contributed by atoms with E-state index >= 15 is 0 Å². The Morgan fingerprint density at radius 1 is 1.15 bits per heavy atom. The van der Waals surface area contributed by atoms with Crippen LogP contribution in [0.3, 0.4) is 0 Å². The van der Waals surface area contributed by atoms with Gasteiger partial charge in [0.1, 0.15) is 5.75 Å². The van der Waals surface area contributed by atoms with E-state index in [-0.39, 0.29) is 5.37 Å². The van der Waals surface area contributed by atoms with Crippen LogP contribution in [-0.2, 0) is 10.0 Å². The standard InChI is InChI=1S/C19H22ClNO3S2/c1-2-3-13-24-17-8-10-18(11-9-17)26(22,23)21-12-14-25-19(21)15-4-6-16(20)7-5-15/h4-11,19H,2-3,12-14H2,1H3/t19-/m1/s1. The Hall–Kier alpha value is -1.21. The minimum atomic E-state index is -3.56. The number of hydrogen-bond donors (Lipinski definition) is 0. The first-order valence-electron chi connectivity index (χ1n) is 8.64. The molecule has 140 valence electrons. The predicted molar refractivity (Wildman–Crippen MR) is 107 cm³/mol. The Kier molecular flexibility index (Phi) is 6.51. The van der Waals surface area contributed by atoms with Crippen molar-refractivity contribution in [3.63, 3.8) is 0 Å². The van der Waals surface area contributed by atoms with Crippen LogP contribution in [0, 0.1) is 0 Å². The van der Waals surface area contributed by atoms with Gasteiger partial charge in [-0.15, -0.1) is 11.8 Å².